The highest BCUT2D eigenvalue weighted by Crippen LogP contribution is 2.33. The van der Waals surface area contributed by atoms with Crippen LogP contribution in [0.5, 0.6) is 17.2 Å². The molecule has 0 bridgehead atoms. The van der Waals surface area contributed by atoms with Gasteiger partial charge in [-0.2, -0.15) is 0 Å². The molecule has 5 aromatic rings. The van der Waals surface area contributed by atoms with Crippen molar-refractivity contribution in [3.8, 4) is 17.2 Å². The third-order valence-corrected chi connectivity index (χ3v) is 8.93. The summed E-state index contributed by atoms with van der Waals surface area (Å²) in [5.41, 5.74) is 2.22. The van der Waals surface area contributed by atoms with Gasteiger partial charge >= 0.3 is 0 Å². The number of anilines is 2. The van der Waals surface area contributed by atoms with Crippen molar-refractivity contribution in [1.29, 1.82) is 0 Å². The van der Waals surface area contributed by atoms with Gasteiger partial charge in [0.15, 0.2) is 16.6 Å². The van der Waals surface area contributed by atoms with Crippen LogP contribution in [0.3, 0.4) is 0 Å². The van der Waals surface area contributed by atoms with E-state index in [0.29, 0.717) is 33.4 Å². The van der Waals surface area contributed by atoms with E-state index in [2.05, 4.69) is 20.9 Å². The summed E-state index contributed by atoms with van der Waals surface area (Å²) in [7, 11) is 4.62. The monoisotopic (exact) mass is 668 g/mol. The van der Waals surface area contributed by atoms with Gasteiger partial charge < -0.3 is 30.2 Å². The molecular formula is C35H32N4O6S2. The first-order valence-electron chi connectivity index (χ1n) is 14.4. The van der Waals surface area contributed by atoms with Gasteiger partial charge in [0.2, 0.25) is 5.91 Å². The van der Waals surface area contributed by atoms with Crippen LogP contribution in [0, 0.1) is 0 Å². The molecule has 0 fully saturated rings. The number of para-hydroxylation sites is 1. The molecule has 0 aliphatic carbocycles. The topological polar surface area (TPSA) is 128 Å². The number of rotatable bonds is 12. The van der Waals surface area contributed by atoms with Gasteiger partial charge in [-0.1, -0.05) is 41.7 Å². The number of methoxy groups -OCH3 is 3. The van der Waals surface area contributed by atoms with Crippen LogP contribution in [0.4, 0.5) is 10.8 Å². The number of hydrogen-bond acceptors (Lipinski definition) is 9. The number of nitrogens with one attached hydrogen (secondary N) is 3. The standard InChI is InChI=1S/C35H32N4O6S2/c1-21(32(40)39-35-38-27-18-15-25(43-2)20-30(27)47-35)46-26-16-13-24(14-17-26)36-34(42)28(37-33(41)22-9-6-5-7-10-22)19-23-11-8-12-29(44-3)31(23)45-4/h5-21H,1-4H3,(H,36,42)(H,37,41)(H,38,39,40)/b28-19-. The summed E-state index contributed by atoms with van der Waals surface area (Å²) in [6.07, 6.45) is 1.53. The molecule has 12 heteroatoms. The lowest BCUT2D eigenvalue weighted by atomic mass is 10.1. The predicted octanol–water partition coefficient (Wildman–Crippen LogP) is 6.85. The number of nitrogens with zero attached hydrogens (tertiary/aromatic N) is 1. The first kappa shape index (κ1) is 33.0. The van der Waals surface area contributed by atoms with Gasteiger partial charge in [0, 0.05) is 21.7 Å². The number of thioether (sulfide) groups is 1. The number of ether oxygens (including phenoxy) is 3. The largest absolute Gasteiger partial charge is 0.497 e. The number of fused-ring (bicyclic) bond motifs is 1. The highest BCUT2D eigenvalue weighted by Gasteiger charge is 2.19. The normalized spacial score (nSPS) is 11.8. The van der Waals surface area contributed by atoms with Crippen LogP contribution < -0.4 is 30.2 Å². The minimum Gasteiger partial charge on any atom is -0.497 e. The molecule has 0 spiro atoms. The number of hydrogen-bond donors (Lipinski definition) is 3. The molecule has 240 valence electrons. The third kappa shape index (κ3) is 8.29. The Kier molecular flexibility index (Phi) is 10.8. The highest BCUT2D eigenvalue weighted by atomic mass is 32.2. The van der Waals surface area contributed by atoms with E-state index < -0.39 is 17.1 Å². The highest BCUT2D eigenvalue weighted by molar-refractivity contribution is 8.00. The van der Waals surface area contributed by atoms with Gasteiger partial charge in [-0.15, -0.1) is 11.8 Å². The van der Waals surface area contributed by atoms with Crippen LogP contribution >= 0.6 is 23.1 Å². The van der Waals surface area contributed by atoms with E-state index in [9.17, 15) is 14.4 Å². The van der Waals surface area contributed by atoms with Gasteiger partial charge in [0.25, 0.3) is 11.8 Å². The second-order valence-corrected chi connectivity index (χ2v) is 12.5. The molecular weight excluding hydrogens is 637 g/mol. The van der Waals surface area contributed by atoms with E-state index in [1.165, 1.54) is 43.4 Å². The van der Waals surface area contributed by atoms with Gasteiger partial charge in [-0.25, -0.2) is 4.98 Å². The molecule has 0 aliphatic rings. The fraction of sp³-hybridized carbons (Fsp3) is 0.143. The molecule has 47 heavy (non-hydrogen) atoms. The van der Waals surface area contributed by atoms with Gasteiger partial charge in [0.05, 0.1) is 36.8 Å². The molecule has 4 aromatic carbocycles. The third-order valence-electron chi connectivity index (χ3n) is 6.88. The Hall–Kier alpha value is -5.33. The van der Waals surface area contributed by atoms with Crippen molar-refractivity contribution in [2.75, 3.05) is 32.0 Å². The number of thiazole rings is 1. The van der Waals surface area contributed by atoms with E-state index in [-0.39, 0.29) is 11.6 Å². The summed E-state index contributed by atoms with van der Waals surface area (Å²) < 4.78 is 17.1. The summed E-state index contributed by atoms with van der Waals surface area (Å²) in [6.45, 7) is 1.81. The molecule has 0 saturated carbocycles. The van der Waals surface area contributed by atoms with Gasteiger partial charge in [-0.3, -0.25) is 14.4 Å². The minimum absolute atomic E-state index is 0.00226. The van der Waals surface area contributed by atoms with Gasteiger partial charge in [0.1, 0.15) is 11.4 Å². The van der Waals surface area contributed by atoms with E-state index in [4.69, 9.17) is 14.2 Å². The summed E-state index contributed by atoms with van der Waals surface area (Å²) >= 11 is 2.75. The summed E-state index contributed by atoms with van der Waals surface area (Å²) in [4.78, 5) is 44.8. The summed E-state index contributed by atoms with van der Waals surface area (Å²) in [5.74, 6) is 0.447. The van der Waals surface area contributed by atoms with Crippen molar-refractivity contribution in [3.05, 3.63) is 108 Å². The van der Waals surface area contributed by atoms with E-state index in [1.54, 1.807) is 67.8 Å². The Morgan fingerprint density at radius 2 is 1.62 bits per heavy atom. The molecule has 1 aromatic heterocycles. The lowest BCUT2D eigenvalue weighted by Crippen LogP contribution is -2.30. The number of benzene rings is 4. The molecule has 0 radical (unpaired) electrons. The molecule has 1 heterocycles. The maximum Gasteiger partial charge on any atom is 0.272 e. The molecule has 3 amide bonds. The van der Waals surface area contributed by atoms with E-state index in [0.717, 1.165) is 20.9 Å². The van der Waals surface area contributed by atoms with Crippen molar-refractivity contribution in [3.63, 3.8) is 0 Å². The molecule has 5 rings (SSSR count). The first-order valence-corrected chi connectivity index (χ1v) is 16.1. The van der Waals surface area contributed by atoms with Crippen LogP contribution in [0.1, 0.15) is 22.8 Å². The molecule has 0 saturated heterocycles. The van der Waals surface area contributed by atoms with Crippen molar-refractivity contribution in [1.82, 2.24) is 10.3 Å². The van der Waals surface area contributed by atoms with Crippen molar-refractivity contribution in [2.45, 2.75) is 17.1 Å². The van der Waals surface area contributed by atoms with Crippen molar-refractivity contribution >= 4 is 67.9 Å². The lowest BCUT2D eigenvalue weighted by molar-refractivity contribution is -0.115. The average molecular weight is 669 g/mol. The Bertz CT molecular complexity index is 1930. The maximum absolute atomic E-state index is 13.5. The Labute approximate surface area is 280 Å². The van der Waals surface area contributed by atoms with Crippen LogP contribution in [-0.4, -0.2) is 49.3 Å². The second kappa shape index (κ2) is 15.3. The zero-order chi connectivity index (χ0) is 33.3. The van der Waals surface area contributed by atoms with Crippen LogP contribution in [0.2, 0.25) is 0 Å². The smallest absolute Gasteiger partial charge is 0.272 e. The Balaban J connectivity index is 1.27. The Morgan fingerprint density at radius 3 is 2.32 bits per heavy atom. The molecule has 1 atom stereocenters. The number of amides is 3. The zero-order valence-corrected chi connectivity index (χ0v) is 27.7. The van der Waals surface area contributed by atoms with Crippen molar-refractivity contribution in [2.24, 2.45) is 0 Å². The number of carbonyl (C=O) groups excluding carboxylic acids is 3. The number of carbonyl (C=O) groups is 3. The quantitative estimate of drug-likeness (QED) is 0.0973. The number of aromatic nitrogens is 1. The zero-order valence-electron chi connectivity index (χ0n) is 26.0. The molecule has 10 nitrogen and oxygen atoms in total. The van der Waals surface area contributed by atoms with Crippen molar-refractivity contribution < 1.29 is 28.6 Å². The summed E-state index contributed by atoms with van der Waals surface area (Å²) in [5, 5.41) is 8.56. The Morgan fingerprint density at radius 1 is 0.851 bits per heavy atom. The second-order valence-electron chi connectivity index (χ2n) is 10.0. The maximum atomic E-state index is 13.5. The van der Waals surface area contributed by atoms with Crippen LogP contribution in [0.15, 0.2) is 102 Å². The van der Waals surface area contributed by atoms with E-state index >= 15 is 0 Å². The van der Waals surface area contributed by atoms with Crippen LogP contribution in [0.25, 0.3) is 16.3 Å². The SMILES string of the molecule is COc1ccc2nc(NC(=O)C(C)Sc3ccc(NC(=O)/C(=C/c4cccc(OC)c4OC)NC(=O)c4ccccc4)cc3)sc2c1. The predicted molar refractivity (Wildman–Crippen MR) is 187 cm³/mol. The molecule has 1 unspecified atom stereocenters. The first-order chi connectivity index (χ1) is 22.8. The molecule has 3 N–H and O–H groups in total. The lowest BCUT2D eigenvalue weighted by Gasteiger charge is -2.14. The fourth-order valence-corrected chi connectivity index (χ4v) is 6.25. The molecule has 0 aliphatic heterocycles. The minimum atomic E-state index is -0.541. The average Bonchev–Trinajstić information content (AvgIpc) is 3.50. The van der Waals surface area contributed by atoms with E-state index in [1.807, 2.05) is 37.3 Å². The van der Waals surface area contributed by atoms with Gasteiger partial charge in [-0.05, 0) is 73.7 Å². The summed E-state index contributed by atoms with van der Waals surface area (Å²) in [6, 6.07) is 26.5. The fourth-order valence-electron chi connectivity index (χ4n) is 4.49. The van der Waals surface area contributed by atoms with Crippen LogP contribution in [-0.2, 0) is 9.59 Å².